The van der Waals surface area contributed by atoms with Crippen molar-refractivity contribution < 1.29 is 5.11 Å². The highest BCUT2D eigenvalue weighted by Crippen LogP contribution is 2.37. The molecule has 1 aromatic carbocycles. The van der Waals surface area contributed by atoms with Gasteiger partial charge in [-0.1, -0.05) is 24.3 Å². The van der Waals surface area contributed by atoms with Crippen molar-refractivity contribution >= 4 is 11.4 Å². The number of aliphatic hydroxyl groups is 1. The second-order valence-electron chi connectivity index (χ2n) is 7.41. The third-order valence-electron chi connectivity index (χ3n) is 5.80. The van der Waals surface area contributed by atoms with E-state index in [1.165, 1.54) is 18.6 Å². The first-order valence-electron chi connectivity index (χ1n) is 9.57. The first-order chi connectivity index (χ1) is 12.1. The van der Waals surface area contributed by atoms with E-state index < -0.39 is 5.60 Å². The summed E-state index contributed by atoms with van der Waals surface area (Å²) >= 11 is 0. The third kappa shape index (κ3) is 4.31. The highest BCUT2D eigenvalue weighted by molar-refractivity contribution is 5.85. The molecule has 0 amide bonds. The smallest absolute Gasteiger partial charge is 0.0940 e. The molecular weight excluding hydrogens is 310 g/mol. The van der Waals surface area contributed by atoms with Gasteiger partial charge in [-0.15, -0.1) is 6.58 Å². The van der Waals surface area contributed by atoms with E-state index in [1.807, 2.05) is 30.3 Å². The van der Waals surface area contributed by atoms with Gasteiger partial charge in [0.25, 0.3) is 0 Å². The SMILES string of the molecule is C=CCCN=C1CCC(N2CCC(O)(c3ccccc3N)CC2)CC1. The first kappa shape index (κ1) is 18.2. The summed E-state index contributed by atoms with van der Waals surface area (Å²) in [6.07, 6.45) is 9.06. The van der Waals surface area contributed by atoms with Crippen molar-refractivity contribution in [3.8, 4) is 0 Å². The van der Waals surface area contributed by atoms with Crippen LogP contribution >= 0.6 is 0 Å². The third-order valence-corrected chi connectivity index (χ3v) is 5.80. The van der Waals surface area contributed by atoms with E-state index in [4.69, 9.17) is 10.7 Å². The largest absolute Gasteiger partial charge is 0.398 e. The summed E-state index contributed by atoms with van der Waals surface area (Å²) in [5.41, 5.74) is 8.30. The van der Waals surface area contributed by atoms with Crippen LogP contribution in [0.15, 0.2) is 41.9 Å². The van der Waals surface area contributed by atoms with Crippen LogP contribution in [0.25, 0.3) is 0 Å². The summed E-state index contributed by atoms with van der Waals surface area (Å²) in [7, 11) is 0. The molecule has 0 unspecified atom stereocenters. The Hall–Kier alpha value is -1.65. The van der Waals surface area contributed by atoms with Gasteiger partial charge in [0.2, 0.25) is 0 Å². The topological polar surface area (TPSA) is 61.8 Å². The minimum Gasteiger partial charge on any atom is -0.398 e. The summed E-state index contributed by atoms with van der Waals surface area (Å²) < 4.78 is 0. The predicted molar refractivity (Wildman–Crippen MR) is 105 cm³/mol. The zero-order valence-corrected chi connectivity index (χ0v) is 15.2. The molecule has 0 spiro atoms. The summed E-state index contributed by atoms with van der Waals surface area (Å²) in [6, 6.07) is 8.37. The molecule has 136 valence electrons. The molecule has 3 rings (SSSR count). The minimum atomic E-state index is -0.770. The van der Waals surface area contributed by atoms with Gasteiger partial charge in [0.05, 0.1) is 5.60 Å². The molecule has 0 bridgehead atoms. The van der Waals surface area contributed by atoms with Gasteiger partial charge in [-0.25, -0.2) is 0 Å². The van der Waals surface area contributed by atoms with Crippen LogP contribution < -0.4 is 5.73 Å². The number of nitrogens with zero attached hydrogens (tertiary/aromatic N) is 2. The number of hydrogen-bond acceptors (Lipinski definition) is 4. The molecule has 1 aliphatic heterocycles. The van der Waals surface area contributed by atoms with E-state index in [9.17, 15) is 5.11 Å². The maximum Gasteiger partial charge on any atom is 0.0940 e. The summed E-state index contributed by atoms with van der Waals surface area (Å²) in [5.74, 6) is 0. The van der Waals surface area contributed by atoms with Gasteiger partial charge < -0.3 is 15.7 Å². The molecule has 0 aromatic heterocycles. The van der Waals surface area contributed by atoms with E-state index in [0.717, 1.165) is 57.3 Å². The molecular formula is C21H31N3O. The quantitative estimate of drug-likeness (QED) is 0.489. The Morgan fingerprint density at radius 3 is 2.56 bits per heavy atom. The molecule has 1 saturated carbocycles. The Labute approximate surface area is 151 Å². The Bertz CT molecular complexity index is 607. The maximum absolute atomic E-state index is 11.1. The van der Waals surface area contributed by atoms with Crippen molar-refractivity contribution in [2.24, 2.45) is 4.99 Å². The molecule has 4 nitrogen and oxygen atoms in total. The monoisotopic (exact) mass is 341 g/mol. The average molecular weight is 341 g/mol. The molecule has 1 aliphatic carbocycles. The Balaban J connectivity index is 1.52. The van der Waals surface area contributed by atoms with Crippen molar-refractivity contribution in [1.29, 1.82) is 0 Å². The molecule has 1 saturated heterocycles. The summed E-state index contributed by atoms with van der Waals surface area (Å²) in [4.78, 5) is 7.26. The van der Waals surface area contributed by atoms with E-state index >= 15 is 0 Å². The lowest BCUT2D eigenvalue weighted by molar-refractivity contribution is -0.0370. The zero-order valence-electron chi connectivity index (χ0n) is 15.2. The fourth-order valence-electron chi connectivity index (χ4n) is 4.22. The average Bonchev–Trinajstić information content (AvgIpc) is 2.64. The van der Waals surface area contributed by atoms with Gasteiger partial charge in [-0.05, 0) is 51.0 Å². The number of nitrogens with two attached hydrogens (primary N) is 1. The molecule has 4 heteroatoms. The van der Waals surface area contributed by atoms with Gasteiger partial charge in [0.1, 0.15) is 0 Å². The highest BCUT2D eigenvalue weighted by atomic mass is 16.3. The van der Waals surface area contributed by atoms with Crippen molar-refractivity contribution in [1.82, 2.24) is 4.90 Å². The van der Waals surface area contributed by atoms with Crippen molar-refractivity contribution in [3.63, 3.8) is 0 Å². The molecule has 3 N–H and O–H groups in total. The Morgan fingerprint density at radius 2 is 1.92 bits per heavy atom. The molecule has 1 aromatic rings. The lowest BCUT2D eigenvalue weighted by Gasteiger charge is -2.43. The van der Waals surface area contributed by atoms with Crippen LogP contribution in [0.4, 0.5) is 5.69 Å². The van der Waals surface area contributed by atoms with Crippen LogP contribution in [0.3, 0.4) is 0 Å². The Kier molecular flexibility index (Phi) is 5.92. The van der Waals surface area contributed by atoms with Crippen LogP contribution in [0, 0.1) is 0 Å². The zero-order chi connectivity index (χ0) is 17.7. The van der Waals surface area contributed by atoms with Crippen LogP contribution in [0.1, 0.15) is 50.5 Å². The summed E-state index contributed by atoms with van der Waals surface area (Å²) in [6.45, 7) is 6.52. The van der Waals surface area contributed by atoms with E-state index in [1.54, 1.807) is 0 Å². The number of piperidine rings is 1. The molecule has 2 fully saturated rings. The van der Waals surface area contributed by atoms with Gasteiger partial charge in [0.15, 0.2) is 0 Å². The normalized spacial score (nSPS) is 24.0. The molecule has 1 heterocycles. The van der Waals surface area contributed by atoms with Crippen molar-refractivity contribution in [2.75, 3.05) is 25.4 Å². The number of anilines is 1. The van der Waals surface area contributed by atoms with Crippen LogP contribution in [-0.4, -0.2) is 41.4 Å². The van der Waals surface area contributed by atoms with Gasteiger partial charge in [-0.2, -0.15) is 0 Å². The number of hydrogen-bond donors (Lipinski definition) is 2. The van der Waals surface area contributed by atoms with Crippen molar-refractivity contribution in [3.05, 3.63) is 42.5 Å². The van der Waals surface area contributed by atoms with E-state index in [2.05, 4.69) is 11.5 Å². The number of para-hydroxylation sites is 1. The molecule has 0 radical (unpaired) electrons. The first-order valence-corrected chi connectivity index (χ1v) is 9.57. The second kappa shape index (κ2) is 8.15. The molecule has 0 atom stereocenters. The van der Waals surface area contributed by atoms with Gasteiger partial charge in [-0.3, -0.25) is 4.99 Å². The van der Waals surface area contributed by atoms with Gasteiger partial charge in [0, 0.05) is 42.6 Å². The number of rotatable bonds is 5. The van der Waals surface area contributed by atoms with Crippen LogP contribution in [0.2, 0.25) is 0 Å². The van der Waals surface area contributed by atoms with Crippen molar-refractivity contribution in [2.45, 2.75) is 56.6 Å². The standard InChI is InChI=1S/C21H31N3O/c1-2-3-14-23-17-8-10-18(11-9-17)24-15-12-21(25,13-16-24)19-6-4-5-7-20(19)22/h2,4-7,18,25H,1,3,8-16,22H2. The molecule has 25 heavy (non-hydrogen) atoms. The van der Waals surface area contributed by atoms with E-state index in [-0.39, 0.29) is 0 Å². The number of aliphatic imine (C=N–C) groups is 1. The lowest BCUT2D eigenvalue weighted by atomic mass is 9.82. The van der Waals surface area contributed by atoms with Gasteiger partial charge >= 0.3 is 0 Å². The fraction of sp³-hybridized carbons (Fsp3) is 0.571. The lowest BCUT2D eigenvalue weighted by Crippen LogP contribution is -2.48. The van der Waals surface area contributed by atoms with E-state index in [0.29, 0.717) is 11.7 Å². The highest BCUT2D eigenvalue weighted by Gasteiger charge is 2.37. The number of benzene rings is 1. The van der Waals surface area contributed by atoms with Crippen LogP contribution in [0.5, 0.6) is 0 Å². The van der Waals surface area contributed by atoms with Crippen LogP contribution in [-0.2, 0) is 5.60 Å². The minimum absolute atomic E-state index is 0.635. The predicted octanol–water partition coefficient (Wildman–Crippen LogP) is 3.51. The number of likely N-dealkylation sites (tertiary alicyclic amines) is 1. The maximum atomic E-state index is 11.1. The molecule has 2 aliphatic rings. The summed E-state index contributed by atoms with van der Waals surface area (Å²) in [5, 5.41) is 11.1. The fourth-order valence-corrected chi connectivity index (χ4v) is 4.22. The number of nitrogen functional groups attached to an aromatic ring is 1. The second-order valence-corrected chi connectivity index (χ2v) is 7.41. The Morgan fingerprint density at radius 1 is 1.24 bits per heavy atom.